The van der Waals surface area contributed by atoms with Crippen LogP contribution in [0.5, 0.6) is 0 Å². The van der Waals surface area contributed by atoms with Crippen LogP contribution in [0.25, 0.3) is 0 Å². The van der Waals surface area contributed by atoms with Crippen LogP contribution in [0.15, 0.2) is 18.3 Å². The normalized spacial score (nSPS) is 22.4. The number of aromatic nitrogens is 1. The maximum absolute atomic E-state index is 11.3. The predicted octanol–water partition coefficient (Wildman–Crippen LogP) is 2.96. The van der Waals surface area contributed by atoms with E-state index in [1.807, 2.05) is 6.07 Å². The number of nitrogens with zero attached hydrogens (tertiary/aromatic N) is 1. The molecule has 74 valence electrons. The van der Waals surface area contributed by atoms with Gasteiger partial charge in [-0.3, -0.25) is 9.78 Å². The molecule has 2 nitrogen and oxygen atoms in total. The van der Waals surface area contributed by atoms with E-state index in [-0.39, 0.29) is 5.92 Å². The highest BCUT2D eigenvalue weighted by Gasteiger charge is 2.21. The third kappa shape index (κ3) is 2.13. The van der Waals surface area contributed by atoms with E-state index in [0.29, 0.717) is 17.2 Å². The first-order chi connectivity index (χ1) is 6.75. The van der Waals surface area contributed by atoms with Crippen molar-refractivity contribution in [2.45, 2.75) is 31.6 Å². The Balaban J connectivity index is 2.17. The van der Waals surface area contributed by atoms with Crippen molar-refractivity contribution in [2.75, 3.05) is 0 Å². The monoisotopic (exact) mass is 209 g/mol. The Kier molecular flexibility index (Phi) is 2.82. The van der Waals surface area contributed by atoms with Crippen molar-refractivity contribution in [2.24, 2.45) is 0 Å². The zero-order valence-electron chi connectivity index (χ0n) is 7.87. The minimum atomic E-state index is 0.287. The summed E-state index contributed by atoms with van der Waals surface area (Å²) in [6, 6.07) is 3.63. The van der Waals surface area contributed by atoms with Gasteiger partial charge in [-0.15, -0.1) is 0 Å². The van der Waals surface area contributed by atoms with E-state index in [1.165, 1.54) is 0 Å². The third-order valence-corrected chi connectivity index (χ3v) is 2.88. The van der Waals surface area contributed by atoms with Gasteiger partial charge in [0, 0.05) is 35.7 Å². The molecule has 1 heterocycles. The highest BCUT2D eigenvalue weighted by Crippen LogP contribution is 2.30. The number of hydrogen-bond donors (Lipinski definition) is 0. The molecule has 0 amide bonds. The van der Waals surface area contributed by atoms with Gasteiger partial charge >= 0.3 is 0 Å². The molecule has 0 bridgehead atoms. The number of ketones is 1. The van der Waals surface area contributed by atoms with Gasteiger partial charge in [-0.05, 0) is 25.0 Å². The fourth-order valence-electron chi connectivity index (χ4n) is 1.92. The lowest BCUT2D eigenvalue weighted by Gasteiger charge is -2.20. The highest BCUT2D eigenvalue weighted by molar-refractivity contribution is 6.30. The Morgan fingerprint density at radius 3 is 3.07 bits per heavy atom. The summed E-state index contributed by atoms with van der Waals surface area (Å²) in [5.41, 5.74) is 0.963. The van der Waals surface area contributed by atoms with E-state index in [0.717, 1.165) is 25.0 Å². The molecule has 0 saturated heterocycles. The van der Waals surface area contributed by atoms with E-state index < -0.39 is 0 Å². The molecule has 0 aromatic carbocycles. The Morgan fingerprint density at radius 2 is 2.36 bits per heavy atom. The van der Waals surface area contributed by atoms with Crippen molar-refractivity contribution < 1.29 is 4.79 Å². The lowest BCUT2D eigenvalue weighted by Crippen LogP contribution is -2.14. The molecule has 0 radical (unpaired) electrons. The molecule has 1 unspecified atom stereocenters. The highest BCUT2D eigenvalue weighted by atomic mass is 35.5. The standard InChI is InChI=1S/C11H12ClNO/c12-9-4-5-13-11(7-9)8-2-1-3-10(14)6-8/h4-5,7-8H,1-3,6H2. The second-order valence-electron chi connectivity index (χ2n) is 3.73. The van der Waals surface area contributed by atoms with Crippen molar-refractivity contribution in [1.29, 1.82) is 0 Å². The first kappa shape index (κ1) is 9.66. The average molecular weight is 210 g/mol. The van der Waals surface area contributed by atoms with E-state index in [9.17, 15) is 4.79 Å². The SMILES string of the molecule is O=C1CCCC(c2cc(Cl)ccn2)C1. The molecular formula is C11H12ClNO. The molecule has 1 aromatic rings. The second kappa shape index (κ2) is 4.09. The van der Waals surface area contributed by atoms with Crippen LogP contribution in [-0.4, -0.2) is 10.8 Å². The van der Waals surface area contributed by atoms with Crippen LogP contribution in [0.2, 0.25) is 5.02 Å². The summed E-state index contributed by atoms with van der Waals surface area (Å²) in [7, 11) is 0. The quantitative estimate of drug-likeness (QED) is 0.712. The van der Waals surface area contributed by atoms with Gasteiger partial charge in [0.1, 0.15) is 5.78 Å². The number of hydrogen-bond acceptors (Lipinski definition) is 2. The number of carbonyl (C=O) groups is 1. The van der Waals surface area contributed by atoms with Gasteiger partial charge < -0.3 is 0 Å². The van der Waals surface area contributed by atoms with Gasteiger partial charge in [0.15, 0.2) is 0 Å². The van der Waals surface area contributed by atoms with E-state index in [1.54, 1.807) is 12.3 Å². The summed E-state index contributed by atoms with van der Waals surface area (Å²) < 4.78 is 0. The largest absolute Gasteiger partial charge is 0.300 e. The first-order valence-corrected chi connectivity index (χ1v) is 5.26. The van der Waals surface area contributed by atoms with Gasteiger partial charge in [-0.25, -0.2) is 0 Å². The maximum atomic E-state index is 11.3. The Morgan fingerprint density at radius 1 is 1.50 bits per heavy atom. The number of Topliss-reactive ketones (excluding diaryl/α,β-unsaturated/α-hetero) is 1. The van der Waals surface area contributed by atoms with Crippen LogP contribution < -0.4 is 0 Å². The van der Waals surface area contributed by atoms with Crippen LogP contribution in [-0.2, 0) is 4.79 Å². The molecule has 1 saturated carbocycles. The number of carbonyl (C=O) groups excluding carboxylic acids is 1. The van der Waals surface area contributed by atoms with Gasteiger partial charge in [-0.2, -0.15) is 0 Å². The van der Waals surface area contributed by atoms with Gasteiger partial charge in [-0.1, -0.05) is 11.6 Å². The molecule has 0 spiro atoms. The molecule has 14 heavy (non-hydrogen) atoms. The molecule has 1 aliphatic rings. The van der Waals surface area contributed by atoms with Crippen LogP contribution in [0.1, 0.15) is 37.3 Å². The van der Waals surface area contributed by atoms with Crippen LogP contribution >= 0.6 is 11.6 Å². The van der Waals surface area contributed by atoms with E-state index >= 15 is 0 Å². The lowest BCUT2D eigenvalue weighted by atomic mass is 9.86. The number of rotatable bonds is 1. The molecule has 1 fully saturated rings. The molecule has 2 rings (SSSR count). The minimum Gasteiger partial charge on any atom is -0.300 e. The molecule has 1 atom stereocenters. The average Bonchev–Trinajstić information content (AvgIpc) is 2.18. The van der Waals surface area contributed by atoms with Crippen LogP contribution in [0.3, 0.4) is 0 Å². The van der Waals surface area contributed by atoms with Crippen molar-refractivity contribution in [3.63, 3.8) is 0 Å². The summed E-state index contributed by atoms with van der Waals surface area (Å²) in [5, 5.41) is 0.702. The van der Waals surface area contributed by atoms with E-state index in [4.69, 9.17) is 11.6 Å². The summed E-state index contributed by atoms with van der Waals surface area (Å²) in [4.78, 5) is 15.5. The Hall–Kier alpha value is -0.890. The Bertz CT molecular complexity index is 351. The zero-order chi connectivity index (χ0) is 9.97. The fourth-order valence-corrected chi connectivity index (χ4v) is 2.09. The van der Waals surface area contributed by atoms with Gasteiger partial charge in [0.2, 0.25) is 0 Å². The minimum absolute atomic E-state index is 0.287. The van der Waals surface area contributed by atoms with Crippen molar-refractivity contribution >= 4 is 17.4 Å². The fraction of sp³-hybridized carbons (Fsp3) is 0.455. The molecule has 0 N–H and O–H groups in total. The number of halogens is 1. The van der Waals surface area contributed by atoms with Crippen molar-refractivity contribution in [3.8, 4) is 0 Å². The smallest absolute Gasteiger partial charge is 0.133 e. The summed E-state index contributed by atoms with van der Waals surface area (Å²) in [6.45, 7) is 0. The van der Waals surface area contributed by atoms with E-state index in [2.05, 4.69) is 4.98 Å². The number of pyridine rings is 1. The molecule has 1 aliphatic carbocycles. The molecule has 3 heteroatoms. The second-order valence-corrected chi connectivity index (χ2v) is 4.17. The first-order valence-electron chi connectivity index (χ1n) is 4.89. The van der Waals surface area contributed by atoms with Gasteiger partial charge in [0.25, 0.3) is 0 Å². The van der Waals surface area contributed by atoms with Crippen molar-refractivity contribution in [1.82, 2.24) is 4.98 Å². The van der Waals surface area contributed by atoms with Crippen LogP contribution in [0.4, 0.5) is 0 Å². The molecular weight excluding hydrogens is 198 g/mol. The van der Waals surface area contributed by atoms with Crippen molar-refractivity contribution in [3.05, 3.63) is 29.0 Å². The topological polar surface area (TPSA) is 30.0 Å². The Labute approximate surface area is 88.3 Å². The van der Waals surface area contributed by atoms with Crippen LogP contribution in [0, 0.1) is 0 Å². The predicted molar refractivity (Wildman–Crippen MR) is 55.5 cm³/mol. The summed E-state index contributed by atoms with van der Waals surface area (Å²) >= 11 is 5.88. The van der Waals surface area contributed by atoms with Gasteiger partial charge in [0.05, 0.1) is 0 Å². The molecule has 0 aliphatic heterocycles. The third-order valence-electron chi connectivity index (χ3n) is 2.64. The lowest BCUT2D eigenvalue weighted by molar-refractivity contribution is -0.120. The maximum Gasteiger partial charge on any atom is 0.133 e. The summed E-state index contributed by atoms with van der Waals surface area (Å²) in [5.74, 6) is 0.637. The molecule has 1 aromatic heterocycles. The zero-order valence-corrected chi connectivity index (χ0v) is 8.63. The summed E-state index contributed by atoms with van der Waals surface area (Å²) in [6.07, 6.45) is 5.11.